The lowest BCUT2D eigenvalue weighted by Gasteiger charge is -2.01. The number of carboxylic acids is 1. The predicted molar refractivity (Wildman–Crippen MR) is 66.2 cm³/mol. The molecule has 0 bridgehead atoms. The molecule has 0 saturated heterocycles. The molecule has 2 aromatic heterocycles. The van der Waals surface area contributed by atoms with E-state index >= 15 is 0 Å². The van der Waals surface area contributed by atoms with Crippen LogP contribution in [-0.4, -0.2) is 24.7 Å². The molecule has 2 rings (SSSR count). The lowest BCUT2D eigenvalue weighted by Crippen LogP contribution is -2.22. The Kier molecular flexibility index (Phi) is 3.98. The van der Waals surface area contributed by atoms with Gasteiger partial charge in [0.15, 0.2) is 0 Å². The molecule has 0 radical (unpaired) electrons. The third-order valence-corrected chi connectivity index (χ3v) is 5.14. The van der Waals surface area contributed by atoms with Crippen molar-refractivity contribution in [3.8, 4) is 0 Å². The van der Waals surface area contributed by atoms with Gasteiger partial charge in [0.05, 0.1) is 18.7 Å². The third-order valence-electron chi connectivity index (χ3n) is 2.16. The summed E-state index contributed by atoms with van der Waals surface area (Å²) in [6, 6.07) is 4.42. The molecule has 0 atom stereocenters. The number of nitrogens with one attached hydrogen (secondary N) is 1. The van der Waals surface area contributed by atoms with Gasteiger partial charge in [0.2, 0.25) is 10.0 Å². The van der Waals surface area contributed by atoms with E-state index < -0.39 is 16.0 Å². The fourth-order valence-electron chi connectivity index (χ4n) is 1.32. The van der Waals surface area contributed by atoms with Crippen molar-refractivity contribution >= 4 is 27.3 Å². The van der Waals surface area contributed by atoms with E-state index in [9.17, 15) is 13.2 Å². The van der Waals surface area contributed by atoms with Crippen LogP contribution in [0.15, 0.2) is 33.2 Å². The molecule has 0 fully saturated rings. The van der Waals surface area contributed by atoms with E-state index in [1.54, 1.807) is 6.07 Å². The van der Waals surface area contributed by atoms with Gasteiger partial charge in [-0.05, 0) is 12.1 Å². The van der Waals surface area contributed by atoms with E-state index in [2.05, 4.69) is 14.4 Å². The number of thiophene rings is 1. The third kappa shape index (κ3) is 3.63. The molecule has 0 aromatic carbocycles. The van der Waals surface area contributed by atoms with Crippen LogP contribution in [0.2, 0.25) is 0 Å². The van der Waals surface area contributed by atoms with Crippen molar-refractivity contribution in [2.45, 2.75) is 17.2 Å². The van der Waals surface area contributed by atoms with Gasteiger partial charge in [-0.15, -0.1) is 11.3 Å². The summed E-state index contributed by atoms with van der Waals surface area (Å²) in [5.41, 5.74) is 0.464. The number of hydrogen-bond acceptors (Lipinski definition) is 6. The van der Waals surface area contributed by atoms with Crippen LogP contribution in [0.5, 0.6) is 0 Å². The topological polar surface area (TPSA) is 110 Å². The molecule has 0 amide bonds. The van der Waals surface area contributed by atoms with Crippen molar-refractivity contribution in [3.05, 3.63) is 35.0 Å². The minimum atomic E-state index is -3.66. The first-order chi connectivity index (χ1) is 8.97. The molecule has 2 heterocycles. The minimum Gasteiger partial charge on any atom is -0.481 e. The first kappa shape index (κ1) is 13.7. The van der Waals surface area contributed by atoms with Crippen LogP contribution >= 0.6 is 11.3 Å². The summed E-state index contributed by atoms with van der Waals surface area (Å²) in [6.45, 7) is 0.0188. The largest absolute Gasteiger partial charge is 0.481 e. The van der Waals surface area contributed by atoms with Crippen LogP contribution in [0, 0.1) is 0 Å². The number of carbonyl (C=O) groups is 1. The molecule has 0 saturated carbocycles. The van der Waals surface area contributed by atoms with Gasteiger partial charge in [-0.2, -0.15) is 0 Å². The monoisotopic (exact) mass is 302 g/mol. The van der Waals surface area contributed by atoms with Crippen LogP contribution in [0.1, 0.15) is 10.6 Å². The molecule has 9 heteroatoms. The van der Waals surface area contributed by atoms with Gasteiger partial charge in [-0.3, -0.25) is 4.79 Å². The average molecular weight is 302 g/mol. The van der Waals surface area contributed by atoms with Crippen LogP contribution in [-0.2, 0) is 27.8 Å². The fraction of sp³-hybridized carbons (Fsp3) is 0.200. The molecule has 0 aliphatic rings. The molecule has 0 spiro atoms. The predicted octanol–water partition coefficient (Wildman–Crippen LogP) is 0.842. The van der Waals surface area contributed by atoms with Crippen LogP contribution in [0.25, 0.3) is 0 Å². The Morgan fingerprint density at radius 2 is 2.21 bits per heavy atom. The normalized spacial score (nSPS) is 11.6. The number of carboxylic acid groups (broad SMARTS) is 1. The summed E-state index contributed by atoms with van der Waals surface area (Å²) in [5, 5.41) is 12.2. The molecule has 19 heavy (non-hydrogen) atoms. The molecular formula is C10H10N2O5S2. The molecule has 0 aliphatic carbocycles. The number of aliphatic carboxylic acids is 1. The summed E-state index contributed by atoms with van der Waals surface area (Å²) in [6.07, 6.45) is 1.16. The SMILES string of the molecule is O=C(O)Cc1ccc(S(=O)(=O)NCc2ccon2)s1. The maximum Gasteiger partial charge on any atom is 0.308 e. The molecule has 2 aromatic rings. The summed E-state index contributed by atoms with van der Waals surface area (Å²) in [5.74, 6) is -0.999. The zero-order valence-corrected chi connectivity index (χ0v) is 11.2. The molecule has 0 aliphatic heterocycles. The van der Waals surface area contributed by atoms with Crippen molar-refractivity contribution in [2.24, 2.45) is 0 Å². The van der Waals surface area contributed by atoms with Crippen molar-refractivity contribution in [2.75, 3.05) is 0 Å². The second-order valence-electron chi connectivity index (χ2n) is 3.61. The van der Waals surface area contributed by atoms with Gasteiger partial charge in [0, 0.05) is 10.9 Å². The van der Waals surface area contributed by atoms with Gasteiger partial charge in [-0.1, -0.05) is 5.16 Å². The molecule has 2 N–H and O–H groups in total. The number of nitrogens with zero attached hydrogens (tertiary/aromatic N) is 1. The number of rotatable bonds is 6. The van der Waals surface area contributed by atoms with Crippen molar-refractivity contribution in [1.82, 2.24) is 9.88 Å². The second-order valence-corrected chi connectivity index (χ2v) is 6.77. The van der Waals surface area contributed by atoms with E-state index in [0.717, 1.165) is 11.3 Å². The van der Waals surface area contributed by atoms with Gasteiger partial charge < -0.3 is 9.63 Å². The van der Waals surface area contributed by atoms with E-state index in [0.29, 0.717) is 10.6 Å². The van der Waals surface area contributed by atoms with Crippen LogP contribution in [0.4, 0.5) is 0 Å². The first-order valence-corrected chi connectivity index (χ1v) is 7.47. The molecular weight excluding hydrogens is 292 g/mol. The Bertz CT molecular complexity index is 660. The molecule has 7 nitrogen and oxygen atoms in total. The quantitative estimate of drug-likeness (QED) is 0.818. The van der Waals surface area contributed by atoms with Crippen molar-refractivity contribution in [3.63, 3.8) is 0 Å². The van der Waals surface area contributed by atoms with Gasteiger partial charge in [-0.25, -0.2) is 13.1 Å². The van der Waals surface area contributed by atoms with Gasteiger partial charge in [0.25, 0.3) is 0 Å². The number of aromatic nitrogens is 1. The lowest BCUT2D eigenvalue weighted by molar-refractivity contribution is -0.136. The smallest absolute Gasteiger partial charge is 0.308 e. The standard InChI is InChI=1S/C10H10N2O5S2/c13-9(14)5-8-1-2-10(18-8)19(15,16)11-6-7-3-4-17-12-7/h1-4,11H,5-6H2,(H,13,14). The van der Waals surface area contributed by atoms with Crippen LogP contribution < -0.4 is 4.72 Å². The van der Waals surface area contributed by atoms with E-state index in [-0.39, 0.29) is 17.2 Å². The summed E-state index contributed by atoms with van der Waals surface area (Å²) in [7, 11) is -3.66. The minimum absolute atomic E-state index is 0.0188. The van der Waals surface area contributed by atoms with Crippen molar-refractivity contribution < 1.29 is 22.8 Å². The van der Waals surface area contributed by atoms with Gasteiger partial charge in [0.1, 0.15) is 10.5 Å². The van der Waals surface area contributed by atoms with Gasteiger partial charge >= 0.3 is 5.97 Å². The Labute approximate surface area is 112 Å². The fourth-order valence-corrected chi connectivity index (χ4v) is 3.71. The van der Waals surface area contributed by atoms with E-state index in [4.69, 9.17) is 5.11 Å². The van der Waals surface area contributed by atoms with Crippen LogP contribution in [0.3, 0.4) is 0 Å². The Hall–Kier alpha value is -1.71. The second kappa shape index (κ2) is 5.51. The highest BCUT2D eigenvalue weighted by atomic mass is 32.2. The Balaban J connectivity index is 2.06. The summed E-state index contributed by atoms with van der Waals surface area (Å²) < 4.78 is 30.9. The van der Waals surface area contributed by atoms with E-state index in [1.807, 2.05) is 0 Å². The zero-order valence-electron chi connectivity index (χ0n) is 9.57. The highest BCUT2D eigenvalue weighted by Gasteiger charge is 2.17. The maximum atomic E-state index is 11.9. The highest BCUT2D eigenvalue weighted by molar-refractivity contribution is 7.91. The summed E-state index contributed by atoms with van der Waals surface area (Å²) >= 11 is 0.930. The molecule has 102 valence electrons. The lowest BCUT2D eigenvalue weighted by atomic mass is 10.3. The average Bonchev–Trinajstić information content (AvgIpc) is 2.96. The van der Waals surface area contributed by atoms with E-state index in [1.165, 1.54) is 18.4 Å². The number of sulfonamides is 1. The Morgan fingerprint density at radius 3 is 2.84 bits per heavy atom. The number of hydrogen-bond donors (Lipinski definition) is 2. The summed E-state index contributed by atoms with van der Waals surface area (Å²) in [4.78, 5) is 11.0. The van der Waals surface area contributed by atoms with Crippen molar-refractivity contribution in [1.29, 1.82) is 0 Å². The first-order valence-electron chi connectivity index (χ1n) is 5.17. The maximum absolute atomic E-state index is 11.9. The molecule has 0 unspecified atom stereocenters. The zero-order chi connectivity index (χ0) is 13.9. The highest BCUT2D eigenvalue weighted by Crippen LogP contribution is 2.22. The Morgan fingerprint density at radius 1 is 1.42 bits per heavy atom.